The molecular formula is C12H9ClN2O4. The van der Waals surface area contributed by atoms with Gasteiger partial charge < -0.3 is 19.7 Å². The van der Waals surface area contributed by atoms with Gasteiger partial charge in [0.25, 0.3) is 0 Å². The van der Waals surface area contributed by atoms with E-state index in [-0.39, 0.29) is 5.88 Å². The molecule has 2 heterocycles. The van der Waals surface area contributed by atoms with Gasteiger partial charge in [0.2, 0.25) is 5.88 Å². The monoisotopic (exact) mass is 280 g/mol. The molecule has 2 aromatic rings. The highest BCUT2D eigenvalue weighted by Crippen LogP contribution is 2.47. The smallest absolute Gasteiger partial charge is 0.230 e. The molecule has 6 nitrogen and oxygen atoms in total. The van der Waals surface area contributed by atoms with Crippen molar-refractivity contribution in [2.24, 2.45) is 0 Å². The van der Waals surface area contributed by atoms with Crippen LogP contribution >= 0.6 is 11.6 Å². The molecule has 1 aromatic carbocycles. The third-order valence-electron chi connectivity index (χ3n) is 2.79. The maximum Gasteiger partial charge on any atom is 0.230 e. The number of benzene rings is 1. The van der Waals surface area contributed by atoms with Crippen LogP contribution in [0.1, 0.15) is 10.4 Å². The number of nitrogen functional groups attached to an aromatic ring is 1. The van der Waals surface area contributed by atoms with Gasteiger partial charge >= 0.3 is 0 Å². The summed E-state index contributed by atoms with van der Waals surface area (Å²) in [5.41, 5.74) is 7.04. The Balaban J connectivity index is 2.30. The Hall–Kier alpha value is -2.21. The molecule has 0 saturated carbocycles. The Morgan fingerprint density at radius 3 is 2.68 bits per heavy atom. The maximum atomic E-state index is 11.0. The van der Waals surface area contributed by atoms with Crippen molar-refractivity contribution in [3.8, 4) is 22.6 Å². The van der Waals surface area contributed by atoms with Crippen molar-refractivity contribution in [1.29, 1.82) is 0 Å². The van der Waals surface area contributed by atoms with Gasteiger partial charge in [-0.15, -0.1) is 0 Å². The zero-order valence-corrected chi connectivity index (χ0v) is 10.4. The number of aromatic nitrogens is 1. The Bertz CT molecular complexity index is 653. The SMILES string of the molecule is Nc1oncc1-c1c(Cl)cc(C=O)c2c1OCCO2. The lowest BCUT2D eigenvalue weighted by Crippen LogP contribution is -2.17. The van der Waals surface area contributed by atoms with E-state index in [1.165, 1.54) is 12.3 Å². The van der Waals surface area contributed by atoms with Crippen LogP contribution < -0.4 is 15.2 Å². The number of ether oxygens (including phenoxy) is 2. The molecule has 0 fully saturated rings. The highest BCUT2D eigenvalue weighted by molar-refractivity contribution is 6.34. The highest BCUT2D eigenvalue weighted by Gasteiger charge is 2.26. The van der Waals surface area contributed by atoms with Crippen molar-refractivity contribution in [2.45, 2.75) is 0 Å². The van der Waals surface area contributed by atoms with Crippen molar-refractivity contribution < 1.29 is 18.8 Å². The van der Waals surface area contributed by atoms with E-state index in [4.69, 9.17) is 31.3 Å². The van der Waals surface area contributed by atoms with E-state index in [0.29, 0.717) is 52.7 Å². The first-order valence-electron chi connectivity index (χ1n) is 5.50. The van der Waals surface area contributed by atoms with E-state index in [0.717, 1.165) is 0 Å². The molecule has 0 spiro atoms. The molecule has 2 N–H and O–H groups in total. The first kappa shape index (κ1) is 11.9. The lowest BCUT2D eigenvalue weighted by atomic mass is 10.0. The summed E-state index contributed by atoms with van der Waals surface area (Å²) in [4.78, 5) is 11.0. The quantitative estimate of drug-likeness (QED) is 0.848. The summed E-state index contributed by atoms with van der Waals surface area (Å²) in [5, 5.41) is 3.93. The van der Waals surface area contributed by atoms with Crippen LogP contribution in [0.2, 0.25) is 5.02 Å². The van der Waals surface area contributed by atoms with Gasteiger partial charge in [0.15, 0.2) is 17.8 Å². The highest BCUT2D eigenvalue weighted by atomic mass is 35.5. The summed E-state index contributed by atoms with van der Waals surface area (Å²) in [7, 11) is 0. The molecule has 0 saturated heterocycles. The van der Waals surface area contributed by atoms with Gasteiger partial charge in [0.05, 0.1) is 27.9 Å². The average molecular weight is 281 g/mol. The van der Waals surface area contributed by atoms with Gasteiger partial charge in [-0.2, -0.15) is 0 Å². The van der Waals surface area contributed by atoms with Crippen molar-refractivity contribution in [1.82, 2.24) is 5.16 Å². The molecular weight excluding hydrogens is 272 g/mol. The largest absolute Gasteiger partial charge is 0.485 e. The van der Waals surface area contributed by atoms with Crippen LogP contribution in [0.15, 0.2) is 16.8 Å². The molecule has 0 bridgehead atoms. The van der Waals surface area contributed by atoms with E-state index in [2.05, 4.69) is 5.16 Å². The maximum absolute atomic E-state index is 11.0. The predicted molar refractivity (Wildman–Crippen MR) is 67.7 cm³/mol. The number of hydrogen-bond acceptors (Lipinski definition) is 6. The van der Waals surface area contributed by atoms with Crippen LogP contribution in [0.5, 0.6) is 11.5 Å². The number of carbonyl (C=O) groups excluding carboxylic acids is 1. The fraction of sp³-hybridized carbons (Fsp3) is 0.167. The second kappa shape index (κ2) is 4.47. The Kier molecular flexibility index (Phi) is 2.79. The summed E-state index contributed by atoms with van der Waals surface area (Å²) in [6.07, 6.45) is 2.11. The summed E-state index contributed by atoms with van der Waals surface area (Å²) in [6, 6.07) is 1.50. The molecule has 0 amide bonds. The Morgan fingerprint density at radius 2 is 2.05 bits per heavy atom. The minimum Gasteiger partial charge on any atom is -0.485 e. The topological polar surface area (TPSA) is 87.6 Å². The predicted octanol–water partition coefficient (Wildman–Crippen LogP) is 2.16. The minimum atomic E-state index is 0.122. The van der Waals surface area contributed by atoms with Gasteiger partial charge in [-0.1, -0.05) is 16.8 Å². The number of nitrogens with two attached hydrogens (primary N) is 1. The van der Waals surface area contributed by atoms with E-state index in [9.17, 15) is 4.79 Å². The molecule has 98 valence electrons. The van der Waals surface area contributed by atoms with E-state index >= 15 is 0 Å². The molecule has 0 atom stereocenters. The van der Waals surface area contributed by atoms with E-state index < -0.39 is 0 Å². The molecule has 1 aliphatic rings. The van der Waals surface area contributed by atoms with Crippen LogP contribution in [0.4, 0.5) is 5.88 Å². The third-order valence-corrected chi connectivity index (χ3v) is 3.09. The van der Waals surface area contributed by atoms with Gasteiger partial charge in [-0.3, -0.25) is 4.79 Å². The number of fused-ring (bicyclic) bond motifs is 1. The summed E-state index contributed by atoms with van der Waals surface area (Å²) in [5.74, 6) is 0.870. The zero-order chi connectivity index (χ0) is 13.4. The second-order valence-corrected chi connectivity index (χ2v) is 4.31. The van der Waals surface area contributed by atoms with Crippen molar-refractivity contribution >= 4 is 23.8 Å². The molecule has 1 aliphatic heterocycles. The molecule has 7 heteroatoms. The van der Waals surface area contributed by atoms with Crippen LogP contribution in [-0.4, -0.2) is 24.7 Å². The van der Waals surface area contributed by atoms with Gasteiger partial charge in [0.1, 0.15) is 13.2 Å². The second-order valence-electron chi connectivity index (χ2n) is 3.90. The van der Waals surface area contributed by atoms with Gasteiger partial charge in [0, 0.05) is 0 Å². The molecule has 0 aliphatic carbocycles. The summed E-state index contributed by atoms with van der Waals surface area (Å²) in [6.45, 7) is 0.734. The van der Waals surface area contributed by atoms with Crippen LogP contribution in [0.25, 0.3) is 11.1 Å². The first-order valence-corrected chi connectivity index (χ1v) is 5.88. The summed E-state index contributed by atoms with van der Waals surface area (Å²) < 4.78 is 15.9. The van der Waals surface area contributed by atoms with E-state index in [1.54, 1.807) is 0 Å². The first-order chi connectivity index (χ1) is 9.22. The number of nitrogens with zero attached hydrogens (tertiary/aromatic N) is 1. The number of anilines is 1. The minimum absolute atomic E-state index is 0.122. The van der Waals surface area contributed by atoms with Crippen molar-refractivity contribution in [3.63, 3.8) is 0 Å². The van der Waals surface area contributed by atoms with Crippen LogP contribution in [-0.2, 0) is 0 Å². The lowest BCUT2D eigenvalue weighted by molar-refractivity contribution is 0.111. The zero-order valence-electron chi connectivity index (χ0n) is 9.68. The standard InChI is InChI=1S/C12H9ClN2O4/c13-8-3-6(5-16)10-11(18-2-1-17-10)9(8)7-4-15-19-12(7)14/h3-5H,1-2,14H2. The Morgan fingerprint density at radius 1 is 1.32 bits per heavy atom. The summed E-state index contributed by atoms with van der Waals surface area (Å²) >= 11 is 6.19. The van der Waals surface area contributed by atoms with Gasteiger partial charge in [-0.25, -0.2) is 0 Å². The number of halogens is 1. The van der Waals surface area contributed by atoms with E-state index in [1.807, 2.05) is 0 Å². The Labute approximate surface area is 113 Å². The molecule has 3 rings (SSSR count). The number of hydrogen-bond donors (Lipinski definition) is 1. The van der Waals surface area contributed by atoms with Crippen LogP contribution in [0.3, 0.4) is 0 Å². The molecule has 1 aromatic heterocycles. The number of rotatable bonds is 2. The van der Waals surface area contributed by atoms with Crippen molar-refractivity contribution in [3.05, 3.63) is 22.8 Å². The van der Waals surface area contributed by atoms with Gasteiger partial charge in [-0.05, 0) is 6.07 Å². The molecule has 0 radical (unpaired) electrons. The normalized spacial score (nSPS) is 13.3. The fourth-order valence-corrected chi connectivity index (χ4v) is 2.28. The lowest BCUT2D eigenvalue weighted by Gasteiger charge is -2.22. The molecule has 0 unspecified atom stereocenters. The molecule has 19 heavy (non-hydrogen) atoms. The number of aldehydes is 1. The van der Waals surface area contributed by atoms with Crippen molar-refractivity contribution in [2.75, 3.05) is 18.9 Å². The average Bonchev–Trinajstić information content (AvgIpc) is 2.84. The number of carbonyl (C=O) groups is 1. The fourth-order valence-electron chi connectivity index (χ4n) is 1.98. The third kappa shape index (κ3) is 1.80. The van der Waals surface area contributed by atoms with Crippen LogP contribution in [0, 0.1) is 0 Å².